The fourth-order valence-electron chi connectivity index (χ4n) is 3.87. The highest BCUT2D eigenvalue weighted by atomic mass is 35.5. The van der Waals surface area contributed by atoms with Crippen LogP contribution in [-0.4, -0.2) is 30.1 Å². The third kappa shape index (κ3) is 6.57. The summed E-state index contributed by atoms with van der Waals surface area (Å²) in [5.74, 6) is -5.16. The zero-order valence-corrected chi connectivity index (χ0v) is 20.6. The number of aryl methyl sites for hydroxylation is 1. The molecule has 0 fully saturated rings. The number of para-hydroxylation sites is 1. The summed E-state index contributed by atoms with van der Waals surface area (Å²) in [4.78, 5) is 6.06. The highest BCUT2D eigenvalue weighted by Crippen LogP contribution is 2.44. The lowest BCUT2D eigenvalue weighted by atomic mass is 10.0. The summed E-state index contributed by atoms with van der Waals surface area (Å²) in [7, 11) is 0. The number of hydrogen-bond donors (Lipinski definition) is 1. The van der Waals surface area contributed by atoms with Crippen LogP contribution >= 0.6 is 11.6 Å². The average molecular weight is 569 g/mol. The number of aliphatic hydroxyl groups is 1. The molecule has 0 aliphatic carbocycles. The van der Waals surface area contributed by atoms with Crippen molar-refractivity contribution in [3.05, 3.63) is 94.5 Å². The van der Waals surface area contributed by atoms with Crippen molar-refractivity contribution in [2.45, 2.75) is 44.3 Å². The van der Waals surface area contributed by atoms with E-state index in [2.05, 4.69) is 0 Å². The summed E-state index contributed by atoms with van der Waals surface area (Å²) < 4.78 is 107. The second-order valence-corrected chi connectivity index (χ2v) is 9.00. The molecule has 3 aromatic carbocycles. The van der Waals surface area contributed by atoms with E-state index in [0.717, 1.165) is 6.07 Å². The normalized spacial score (nSPS) is 15.1. The third-order valence-corrected chi connectivity index (χ3v) is 6.20. The fourth-order valence-corrected chi connectivity index (χ4v) is 4.12. The first-order valence-electron chi connectivity index (χ1n) is 11.3. The first-order valence-corrected chi connectivity index (χ1v) is 11.7. The van der Waals surface area contributed by atoms with Crippen molar-refractivity contribution in [2.24, 2.45) is 0 Å². The van der Waals surface area contributed by atoms with Crippen LogP contribution in [0.2, 0.25) is 5.02 Å². The molecule has 0 saturated carbocycles. The number of hydroxylamine groups is 2. The minimum atomic E-state index is -5.89. The molecule has 0 aliphatic rings. The SMILES string of the molecule is CCc1cc(O[N+](Cc2cccc(C(F)(F)C(F)(F)F)c2)(C[C@@H](O)C(F)(F)F)c2ccccc2)ccc1Cl. The summed E-state index contributed by atoms with van der Waals surface area (Å²) in [6.45, 7) is 0.00450. The Labute approximate surface area is 218 Å². The smallest absolute Gasteiger partial charge is 0.379 e. The van der Waals surface area contributed by atoms with Gasteiger partial charge in [0.15, 0.2) is 18.0 Å². The van der Waals surface area contributed by atoms with E-state index in [1.165, 1.54) is 48.5 Å². The number of benzene rings is 3. The Balaban J connectivity index is 2.19. The molecule has 2 atom stereocenters. The van der Waals surface area contributed by atoms with E-state index in [-0.39, 0.29) is 17.0 Å². The Morgan fingerprint density at radius 1 is 0.868 bits per heavy atom. The van der Waals surface area contributed by atoms with Crippen LogP contribution in [0.15, 0.2) is 72.8 Å². The van der Waals surface area contributed by atoms with E-state index in [1.807, 2.05) is 0 Å². The number of halogens is 9. The summed E-state index contributed by atoms with van der Waals surface area (Å²) in [6.07, 6.45) is -13.5. The molecule has 0 radical (unpaired) electrons. The molecule has 0 saturated heterocycles. The number of rotatable bonds is 9. The van der Waals surface area contributed by atoms with E-state index in [1.54, 1.807) is 13.0 Å². The summed E-state index contributed by atoms with van der Waals surface area (Å²) in [6, 6.07) is 14.9. The minimum absolute atomic E-state index is 0.0428. The Morgan fingerprint density at radius 3 is 2.11 bits per heavy atom. The van der Waals surface area contributed by atoms with Gasteiger partial charge in [0.05, 0.1) is 0 Å². The molecular formula is C26H23ClF8NO2+. The molecule has 12 heteroatoms. The second-order valence-electron chi connectivity index (χ2n) is 8.59. The van der Waals surface area contributed by atoms with Gasteiger partial charge in [-0.15, -0.1) is 0 Å². The van der Waals surface area contributed by atoms with Crippen molar-refractivity contribution in [3.8, 4) is 5.75 Å². The summed E-state index contributed by atoms with van der Waals surface area (Å²) in [5.41, 5.74) is -0.894. The molecule has 0 spiro atoms. The van der Waals surface area contributed by atoms with Crippen molar-refractivity contribution < 1.29 is 45.1 Å². The van der Waals surface area contributed by atoms with Crippen LogP contribution in [-0.2, 0) is 18.9 Å². The van der Waals surface area contributed by atoms with Crippen molar-refractivity contribution in [1.82, 2.24) is 4.65 Å². The largest absolute Gasteiger partial charge is 0.458 e. The van der Waals surface area contributed by atoms with Crippen molar-refractivity contribution in [2.75, 3.05) is 6.54 Å². The van der Waals surface area contributed by atoms with Crippen LogP contribution in [0.4, 0.5) is 40.8 Å². The molecule has 0 aliphatic heterocycles. The maximum absolute atomic E-state index is 14.1. The van der Waals surface area contributed by atoms with Crippen LogP contribution in [0.25, 0.3) is 0 Å². The molecule has 0 bridgehead atoms. The van der Waals surface area contributed by atoms with Gasteiger partial charge in [0, 0.05) is 28.3 Å². The van der Waals surface area contributed by atoms with Gasteiger partial charge in [0.1, 0.15) is 6.54 Å². The van der Waals surface area contributed by atoms with Crippen LogP contribution in [0.3, 0.4) is 0 Å². The van der Waals surface area contributed by atoms with Crippen molar-refractivity contribution in [1.29, 1.82) is 0 Å². The quantitative estimate of drug-likeness (QED) is 0.161. The van der Waals surface area contributed by atoms with Gasteiger partial charge < -0.3 is 9.94 Å². The number of hydrogen-bond acceptors (Lipinski definition) is 2. The number of alkyl halides is 8. The maximum Gasteiger partial charge on any atom is 0.458 e. The van der Waals surface area contributed by atoms with E-state index in [0.29, 0.717) is 29.1 Å². The summed E-state index contributed by atoms with van der Waals surface area (Å²) in [5, 5.41) is 10.4. The van der Waals surface area contributed by atoms with E-state index >= 15 is 0 Å². The van der Waals surface area contributed by atoms with E-state index < -0.39 is 47.7 Å². The van der Waals surface area contributed by atoms with Crippen LogP contribution in [0.1, 0.15) is 23.6 Å². The molecule has 3 aromatic rings. The first kappa shape index (κ1) is 29.7. The molecule has 1 unspecified atom stereocenters. The predicted molar refractivity (Wildman–Crippen MR) is 127 cm³/mol. The number of quaternary nitrogens is 1. The standard InChI is InChI=1S/C26H23ClF8NO2/c1-2-18-14-21(11-12-22(18)27)38-36(16-23(37)25(30,31)32,20-9-4-3-5-10-20)15-17-7-6-8-19(13-17)24(28,29)26(33,34)35/h3-14,23,37H,2,15-16H2,1H3/q+1/t23-,36?/m1/s1. The topological polar surface area (TPSA) is 29.5 Å². The highest BCUT2D eigenvalue weighted by molar-refractivity contribution is 6.31. The van der Waals surface area contributed by atoms with Gasteiger partial charge in [-0.1, -0.05) is 59.6 Å². The van der Waals surface area contributed by atoms with Gasteiger partial charge in [-0.3, -0.25) is 0 Å². The molecule has 0 heterocycles. The monoisotopic (exact) mass is 568 g/mol. The lowest BCUT2D eigenvalue weighted by molar-refractivity contribution is -0.289. The minimum Gasteiger partial charge on any atom is -0.379 e. The van der Waals surface area contributed by atoms with Gasteiger partial charge in [-0.25, -0.2) is 0 Å². The van der Waals surface area contributed by atoms with Gasteiger partial charge in [0.25, 0.3) is 0 Å². The van der Waals surface area contributed by atoms with E-state index in [4.69, 9.17) is 16.4 Å². The second kappa shape index (κ2) is 11.1. The Hall–Kier alpha value is -2.89. The van der Waals surface area contributed by atoms with Gasteiger partial charge in [0.2, 0.25) is 6.10 Å². The Kier molecular flexibility index (Phi) is 8.64. The third-order valence-electron chi connectivity index (χ3n) is 5.83. The summed E-state index contributed by atoms with van der Waals surface area (Å²) >= 11 is 6.14. The molecule has 206 valence electrons. The average Bonchev–Trinajstić information content (AvgIpc) is 2.84. The van der Waals surface area contributed by atoms with Crippen LogP contribution in [0.5, 0.6) is 5.75 Å². The maximum atomic E-state index is 14.1. The van der Waals surface area contributed by atoms with Crippen LogP contribution < -0.4 is 9.48 Å². The fraction of sp³-hybridized carbons (Fsp3) is 0.308. The molecule has 0 amide bonds. The molecule has 3 nitrogen and oxygen atoms in total. The van der Waals surface area contributed by atoms with Gasteiger partial charge >= 0.3 is 18.3 Å². The first-order chi connectivity index (χ1) is 17.6. The van der Waals surface area contributed by atoms with Crippen LogP contribution in [0, 0.1) is 0 Å². The zero-order chi connectivity index (χ0) is 28.4. The molecule has 1 N–H and O–H groups in total. The van der Waals surface area contributed by atoms with Gasteiger partial charge in [-0.05, 0) is 36.2 Å². The Morgan fingerprint density at radius 2 is 1.53 bits per heavy atom. The predicted octanol–water partition coefficient (Wildman–Crippen LogP) is 7.98. The van der Waals surface area contributed by atoms with E-state index in [9.17, 15) is 40.2 Å². The van der Waals surface area contributed by atoms with Crippen molar-refractivity contribution in [3.63, 3.8) is 0 Å². The highest BCUT2D eigenvalue weighted by Gasteiger charge is 2.58. The molecule has 3 rings (SSSR count). The van der Waals surface area contributed by atoms with Crippen molar-refractivity contribution >= 4 is 17.3 Å². The lowest BCUT2D eigenvalue weighted by Gasteiger charge is -2.37. The number of aliphatic hydroxyl groups excluding tert-OH is 1. The molecule has 0 aromatic heterocycles. The lowest BCUT2D eigenvalue weighted by Crippen LogP contribution is -2.58. The Bertz CT molecular complexity index is 1230. The molecular weight excluding hydrogens is 546 g/mol. The van der Waals surface area contributed by atoms with Gasteiger partial charge in [-0.2, -0.15) is 35.1 Å². The number of nitrogens with zero attached hydrogens (tertiary/aromatic N) is 1. The zero-order valence-electron chi connectivity index (χ0n) is 19.8. The molecule has 38 heavy (non-hydrogen) atoms.